The van der Waals surface area contributed by atoms with Crippen LogP contribution in [0.1, 0.15) is 42.5 Å². The number of aromatic amines is 2. The van der Waals surface area contributed by atoms with E-state index in [2.05, 4.69) is 25.5 Å². The van der Waals surface area contributed by atoms with Crippen molar-refractivity contribution in [2.45, 2.75) is 38.1 Å². The van der Waals surface area contributed by atoms with Crippen molar-refractivity contribution in [3.63, 3.8) is 0 Å². The van der Waals surface area contributed by atoms with Gasteiger partial charge in [0.1, 0.15) is 5.65 Å². The van der Waals surface area contributed by atoms with Gasteiger partial charge in [-0.3, -0.25) is 9.89 Å². The van der Waals surface area contributed by atoms with E-state index in [4.69, 9.17) is 0 Å². The predicted molar refractivity (Wildman–Crippen MR) is 88.0 cm³/mol. The van der Waals surface area contributed by atoms with Crippen molar-refractivity contribution in [1.82, 2.24) is 25.5 Å². The van der Waals surface area contributed by atoms with E-state index in [9.17, 15) is 4.79 Å². The highest BCUT2D eigenvalue weighted by Gasteiger charge is 2.18. The quantitative estimate of drug-likeness (QED) is 0.695. The number of nitrogens with one attached hydrogen (secondary N) is 3. The molecule has 0 aliphatic heterocycles. The average molecular weight is 309 g/mol. The second kappa shape index (κ2) is 5.87. The number of pyridine rings is 1. The third kappa shape index (κ3) is 2.72. The summed E-state index contributed by atoms with van der Waals surface area (Å²) < 4.78 is 0. The highest BCUT2D eigenvalue weighted by molar-refractivity contribution is 6.01. The maximum Gasteiger partial charge on any atom is 0.253 e. The van der Waals surface area contributed by atoms with Crippen molar-refractivity contribution in [3.05, 3.63) is 36.4 Å². The molecule has 23 heavy (non-hydrogen) atoms. The first kappa shape index (κ1) is 14.0. The highest BCUT2D eigenvalue weighted by atomic mass is 16.1. The maximum absolute atomic E-state index is 12.5. The van der Waals surface area contributed by atoms with Gasteiger partial charge in [-0.05, 0) is 18.9 Å². The molecule has 1 aliphatic carbocycles. The smallest absolute Gasteiger partial charge is 0.253 e. The molecule has 0 radical (unpaired) electrons. The lowest BCUT2D eigenvalue weighted by molar-refractivity contribution is 0.0927. The van der Waals surface area contributed by atoms with Crippen LogP contribution in [0.5, 0.6) is 0 Å². The first-order valence-corrected chi connectivity index (χ1v) is 8.08. The molecule has 1 aliphatic rings. The van der Waals surface area contributed by atoms with Gasteiger partial charge in [0, 0.05) is 41.1 Å². The van der Waals surface area contributed by atoms with Crippen LogP contribution in [-0.4, -0.2) is 32.1 Å². The van der Waals surface area contributed by atoms with E-state index in [1.807, 2.05) is 18.5 Å². The van der Waals surface area contributed by atoms with E-state index in [0.717, 1.165) is 35.0 Å². The number of carbonyl (C=O) groups excluding carboxylic acids is 1. The van der Waals surface area contributed by atoms with E-state index in [0.29, 0.717) is 11.6 Å². The Labute approximate surface area is 133 Å². The normalized spacial score (nSPS) is 15.8. The molecule has 3 aromatic heterocycles. The fourth-order valence-electron chi connectivity index (χ4n) is 3.28. The lowest BCUT2D eigenvalue weighted by atomic mass is 9.95. The van der Waals surface area contributed by atoms with Crippen LogP contribution in [0.15, 0.2) is 30.9 Å². The molecule has 6 heteroatoms. The van der Waals surface area contributed by atoms with Crippen LogP contribution in [0.4, 0.5) is 0 Å². The van der Waals surface area contributed by atoms with E-state index < -0.39 is 0 Å². The van der Waals surface area contributed by atoms with Crippen molar-refractivity contribution >= 4 is 16.9 Å². The Hall–Kier alpha value is -2.63. The van der Waals surface area contributed by atoms with E-state index >= 15 is 0 Å². The molecular formula is C17H19N5O. The number of carbonyl (C=O) groups is 1. The third-order valence-electron chi connectivity index (χ3n) is 4.54. The highest BCUT2D eigenvalue weighted by Crippen LogP contribution is 2.27. The summed E-state index contributed by atoms with van der Waals surface area (Å²) >= 11 is 0. The Morgan fingerprint density at radius 2 is 2.04 bits per heavy atom. The number of rotatable bonds is 3. The zero-order valence-electron chi connectivity index (χ0n) is 12.8. The van der Waals surface area contributed by atoms with Gasteiger partial charge in [-0.2, -0.15) is 5.10 Å². The fraction of sp³-hybridized carbons (Fsp3) is 0.353. The topological polar surface area (TPSA) is 86.5 Å². The van der Waals surface area contributed by atoms with Crippen LogP contribution in [0, 0.1) is 0 Å². The lowest BCUT2D eigenvalue weighted by Crippen LogP contribution is -2.36. The molecule has 3 N–H and O–H groups in total. The van der Waals surface area contributed by atoms with Crippen LogP contribution in [0.3, 0.4) is 0 Å². The third-order valence-corrected chi connectivity index (χ3v) is 4.54. The summed E-state index contributed by atoms with van der Waals surface area (Å²) in [5.41, 5.74) is 3.35. The van der Waals surface area contributed by atoms with Gasteiger partial charge in [-0.15, -0.1) is 0 Å². The number of hydrogen-bond acceptors (Lipinski definition) is 3. The molecule has 4 rings (SSSR count). The second-order valence-electron chi connectivity index (χ2n) is 6.12. The Morgan fingerprint density at radius 3 is 2.83 bits per heavy atom. The van der Waals surface area contributed by atoms with E-state index in [-0.39, 0.29) is 5.91 Å². The number of H-pyrrole nitrogens is 2. The Balaban J connectivity index is 1.62. The Kier molecular flexibility index (Phi) is 3.57. The van der Waals surface area contributed by atoms with Crippen LogP contribution in [-0.2, 0) is 0 Å². The summed E-state index contributed by atoms with van der Waals surface area (Å²) in [7, 11) is 0. The molecule has 0 spiro atoms. The van der Waals surface area contributed by atoms with Crippen LogP contribution >= 0.6 is 0 Å². The summed E-state index contributed by atoms with van der Waals surface area (Å²) in [4.78, 5) is 20.0. The largest absolute Gasteiger partial charge is 0.349 e. The molecule has 1 fully saturated rings. The Bertz CT molecular complexity index is 815. The van der Waals surface area contributed by atoms with Crippen LogP contribution in [0.2, 0.25) is 0 Å². The summed E-state index contributed by atoms with van der Waals surface area (Å²) in [6, 6.07) is 2.20. The minimum atomic E-state index is -0.0364. The molecule has 1 saturated carbocycles. The van der Waals surface area contributed by atoms with E-state index in [1.165, 1.54) is 19.3 Å². The monoisotopic (exact) mass is 309 g/mol. The van der Waals surface area contributed by atoms with Gasteiger partial charge < -0.3 is 10.3 Å². The first-order valence-electron chi connectivity index (χ1n) is 8.08. The summed E-state index contributed by atoms with van der Waals surface area (Å²) in [5, 5.41) is 10.9. The Morgan fingerprint density at radius 1 is 1.17 bits per heavy atom. The van der Waals surface area contributed by atoms with Gasteiger partial charge in [-0.25, -0.2) is 4.98 Å². The summed E-state index contributed by atoms with van der Waals surface area (Å²) in [6.07, 6.45) is 12.9. The van der Waals surface area contributed by atoms with Crippen LogP contribution in [0.25, 0.3) is 22.2 Å². The van der Waals surface area contributed by atoms with Crippen molar-refractivity contribution < 1.29 is 4.79 Å². The molecule has 0 saturated heterocycles. The second-order valence-corrected chi connectivity index (χ2v) is 6.12. The minimum absolute atomic E-state index is 0.0364. The molecule has 0 aromatic carbocycles. The van der Waals surface area contributed by atoms with Crippen molar-refractivity contribution in [3.8, 4) is 11.1 Å². The number of aromatic nitrogens is 4. The van der Waals surface area contributed by atoms with Gasteiger partial charge in [-0.1, -0.05) is 19.3 Å². The molecule has 6 nitrogen and oxygen atoms in total. The standard InChI is InChI=1S/C17H19N5O/c23-17(22-13-4-2-1-3-5-13)11-6-14-15(12-8-20-21-9-12)10-19-16(14)18-7-11/h6-10,13H,1-5H2,(H,18,19)(H,20,21)(H,22,23). The fourth-order valence-corrected chi connectivity index (χ4v) is 3.28. The lowest BCUT2D eigenvalue weighted by Gasteiger charge is -2.22. The van der Waals surface area contributed by atoms with Gasteiger partial charge in [0.15, 0.2) is 0 Å². The molecule has 118 valence electrons. The zero-order valence-corrected chi connectivity index (χ0v) is 12.8. The summed E-state index contributed by atoms with van der Waals surface area (Å²) in [6.45, 7) is 0. The maximum atomic E-state index is 12.5. The average Bonchev–Trinajstić information content (AvgIpc) is 3.24. The minimum Gasteiger partial charge on any atom is -0.349 e. The number of nitrogens with zero attached hydrogens (tertiary/aromatic N) is 2. The van der Waals surface area contributed by atoms with Crippen LogP contribution < -0.4 is 5.32 Å². The molecule has 0 bridgehead atoms. The first-order chi connectivity index (χ1) is 11.3. The number of hydrogen-bond donors (Lipinski definition) is 3. The van der Waals surface area contributed by atoms with Crippen molar-refractivity contribution in [2.24, 2.45) is 0 Å². The van der Waals surface area contributed by atoms with Gasteiger partial charge in [0.25, 0.3) is 5.91 Å². The number of fused-ring (bicyclic) bond motifs is 1. The SMILES string of the molecule is O=C(NC1CCCCC1)c1cnc2[nH]cc(-c3cn[nH]c3)c2c1. The van der Waals surface area contributed by atoms with Crippen molar-refractivity contribution in [2.75, 3.05) is 0 Å². The molecule has 3 aromatic rings. The zero-order chi connectivity index (χ0) is 15.6. The molecular weight excluding hydrogens is 290 g/mol. The van der Waals surface area contributed by atoms with E-state index in [1.54, 1.807) is 12.4 Å². The summed E-state index contributed by atoms with van der Waals surface area (Å²) in [5.74, 6) is -0.0364. The van der Waals surface area contributed by atoms with Gasteiger partial charge >= 0.3 is 0 Å². The van der Waals surface area contributed by atoms with Crippen molar-refractivity contribution in [1.29, 1.82) is 0 Å². The van der Waals surface area contributed by atoms with Gasteiger partial charge in [0.2, 0.25) is 0 Å². The predicted octanol–water partition coefficient (Wildman–Crippen LogP) is 3.02. The molecule has 0 unspecified atom stereocenters. The molecule has 1 amide bonds. The number of amides is 1. The molecule has 3 heterocycles. The molecule has 0 atom stereocenters. The van der Waals surface area contributed by atoms with Gasteiger partial charge in [0.05, 0.1) is 11.8 Å².